The van der Waals surface area contributed by atoms with E-state index in [0.29, 0.717) is 0 Å². The average molecular weight is 262 g/mol. The summed E-state index contributed by atoms with van der Waals surface area (Å²) in [4.78, 5) is 9.79. The molecule has 0 atom stereocenters. The van der Waals surface area contributed by atoms with Crippen molar-refractivity contribution in [2.75, 3.05) is 12.8 Å². The predicted molar refractivity (Wildman–Crippen MR) is 52.3 cm³/mol. The van der Waals surface area contributed by atoms with Gasteiger partial charge in [-0.3, -0.25) is 0 Å². The summed E-state index contributed by atoms with van der Waals surface area (Å²) < 4.78 is 40.7. The number of anilines is 1. The maximum Gasteiger partial charge on any atom is 0.425 e. The van der Waals surface area contributed by atoms with Crippen LogP contribution in [0, 0.1) is 0 Å². The Kier molecular flexibility index (Phi) is 4.42. The molecule has 0 saturated heterocycles. The molecule has 0 aromatic carbocycles. The molecule has 0 amide bonds. The molecule has 2 N–H and O–H groups in total. The minimum atomic E-state index is -4.48. The number of carbonyl (C=O) groups excluding carboxylic acids is 1. The quantitative estimate of drug-likeness (QED) is 0.791. The number of rotatable bonds is 1. The lowest BCUT2D eigenvalue weighted by molar-refractivity contribution is -0.134. The minimum absolute atomic E-state index is 0. The van der Waals surface area contributed by atoms with Crippen LogP contribution in [0.1, 0.15) is 14.5 Å². The van der Waals surface area contributed by atoms with Crippen LogP contribution in [0.3, 0.4) is 0 Å². The van der Waals surface area contributed by atoms with Crippen molar-refractivity contribution >= 4 is 35.4 Å². The zero-order chi connectivity index (χ0) is 10.9. The first-order chi connectivity index (χ1) is 6.36. The first kappa shape index (κ1) is 14.1. The van der Waals surface area contributed by atoms with Crippen molar-refractivity contribution in [3.05, 3.63) is 15.8 Å². The first-order valence-electron chi connectivity index (χ1n) is 3.41. The molecule has 0 unspecified atom stereocenters. The minimum Gasteiger partial charge on any atom is -0.465 e. The lowest BCUT2D eigenvalue weighted by atomic mass is 10.3. The van der Waals surface area contributed by atoms with Gasteiger partial charge in [-0.15, -0.1) is 23.7 Å². The zero-order valence-corrected chi connectivity index (χ0v) is 9.05. The van der Waals surface area contributed by atoms with Crippen molar-refractivity contribution in [2.24, 2.45) is 0 Å². The third-order valence-corrected chi connectivity index (χ3v) is 2.59. The number of methoxy groups -OCH3 is 1. The molecule has 0 spiro atoms. The molecule has 86 valence electrons. The summed E-state index contributed by atoms with van der Waals surface area (Å²) in [6.07, 6.45) is -4.48. The molecule has 0 fully saturated rings. The second-order valence-electron chi connectivity index (χ2n) is 2.38. The van der Waals surface area contributed by atoms with Crippen molar-refractivity contribution in [2.45, 2.75) is 6.18 Å². The van der Waals surface area contributed by atoms with Gasteiger partial charge in [0.25, 0.3) is 0 Å². The summed E-state index contributed by atoms with van der Waals surface area (Å²) in [6, 6.07) is 0.719. The normalized spacial score (nSPS) is 10.7. The van der Waals surface area contributed by atoms with E-state index < -0.39 is 17.0 Å². The van der Waals surface area contributed by atoms with E-state index in [-0.39, 0.29) is 34.3 Å². The molecule has 0 bridgehead atoms. The zero-order valence-electron chi connectivity index (χ0n) is 7.42. The number of thiophene rings is 1. The number of hydrogen-bond acceptors (Lipinski definition) is 4. The Morgan fingerprint density at radius 2 is 2.07 bits per heavy atom. The standard InChI is InChI=1S/C7H6F3NO2S.ClH/c1-13-6(12)5-3(11)2-4(14-5)7(8,9)10;/h2H,11H2,1H3;1H. The third kappa shape index (κ3) is 3.00. The molecule has 1 heterocycles. The maximum absolute atomic E-state index is 12.2. The Morgan fingerprint density at radius 1 is 1.53 bits per heavy atom. The van der Waals surface area contributed by atoms with Crippen LogP contribution in [0.5, 0.6) is 0 Å². The number of esters is 1. The summed E-state index contributed by atoms with van der Waals surface area (Å²) in [5.41, 5.74) is 5.01. The van der Waals surface area contributed by atoms with Crippen molar-refractivity contribution in [1.82, 2.24) is 0 Å². The molecule has 0 aliphatic carbocycles. The first-order valence-corrected chi connectivity index (χ1v) is 4.22. The van der Waals surface area contributed by atoms with Gasteiger partial charge >= 0.3 is 12.1 Å². The van der Waals surface area contributed by atoms with Gasteiger partial charge in [-0.1, -0.05) is 0 Å². The van der Waals surface area contributed by atoms with Gasteiger partial charge in [0.2, 0.25) is 0 Å². The summed E-state index contributed by atoms with van der Waals surface area (Å²) in [5, 5.41) is 0. The molecule has 0 radical (unpaired) electrons. The van der Waals surface area contributed by atoms with Crippen LogP contribution >= 0.6 is 23.7 Å². The Labute approximate surface area is 93.4 Å². The molecule has 1 aromatic heterocycles. The maximum atomic E-state index is 12.2. The number of carbonyl (C=O) groups is 1. The van der Waals surface area contributed by atoms with Gasteiger partial charge in [0, 0.05) is 0 Å². The highest BCUT2D eigenvalue weighted by Crippen LogP contribution is 2.37. The molecular weight excluding hydrogens is 255 g/mol. The second-order valence-corrected chi connectivity index (χ2v) is 3.44. The van der Waals surface area contributed by atoms with Crippen molar-refractivity contribution in [3.8, 4) is 0 Å². The van der Waals surface area contributed by atoms with Gasteiger partial charge in [0.05, 0.1) is 12.8 Å². The van der Waals surface area contributed by atoms with Gasteiger partial charge in [-0.25, -0.2) is 4.79 Å². The fraction of sp³-hybridized carbons (Fsp3) is 0.286. The van der Waals surface area contributed by atoms with Crippen LogP contribution in [-0.2, 0) is 10.9 Å². The molecule has 3 nitrogen and oxygen atoms in total. The van der Waals surface area contributed by atoms with E-state index in [0.717, 1.165) is 13.2 Å². The number of halogens is 4. The molecule has 1 rings (SSSR count). The third-order valence-electron chi connectivity index (χ3n) is 1.41. The van der Waals surface area contributed by atoms with Gasteiger partial charge < -0.3 is 10.5 Å². The second kappa shape index (κ2) is 4.71. The predicted octanol–water partition coefficient (Wildman–Crippen LogP) is 2.56. The summed E-state index contributed by atoms with van der Waals surface area (Å²) >= 11 is 0.275. The van der Waals surface area contributed by atoms with E-state index in [1.54, 1.807) is 0 Å². The van der Waals surface area contributed by atoms with Crippen molar-refractivity contribution in [3.63, 3.8) is 0 Å². The highest BCUT2D eigenvalue weighted by Gasteiger charge is 2.34. The van der Waals surface area contributed by atoms with Crippen LogP contribution in [0.15, 0.2) is 6.07 Å². The van der Waals surface area contributed by atoms with Crippen LogP contribution in [-0.4, -0.2) is 13.1 Å². The fourth-order valence-electron chi connectivity index (χ4n) is 0.797. The number of alkyl halides is 3. The van der Waals surface area contributed by atoms with E-state index >= 15 is 0 Å². The van der Waals surface area contributed by atoms with Crippen LogP contribution < -0.4 is 5.73 Å². The monoisotopic (exact) mass is 261 g/mol. The van der Waals surface area contributed by atoms with E-state index in [9.17, 15) is 18.0 Å². The number of ether oxygens (including phenoxy) is 1. The summed E-state index contributed by atoms with van der Waals surface area (Å²) in [6.45, 7) is 0. The molecule has 0 aliphatic heterocycles. The van der Waals surface area contributed by atoms with Gasteiger partial charge in [0.1, 0.15) is 9.75 Å². The summed E-state index contributed by atoms with van der Waals surface area (Å²) in [7, 11) is 1.08. The highest BCUT2D eigenvalue weighted by molar-refractivity contribution is 7.14. The van der Waals surface area contributed by atoms with Crippen molar-refractivity contribution in [1.29, 1.82) is 0 Å². The lowest BCUT2D eigenvalue weighted by Gasteiger charge is -2.00. The largest absolute Gasteiger partial charge is 0.465 e. The topological polar surface area (TPSA) is 52.3 Å². The number of nitrogens with two attached hydrogens (primary N) is 1. The van der Waals surface area contributed by atoms with E-state index in [2.05, 4.69) is 4.74 Å². The molecular formula is C7H7ClF3NO2S. The van der Waals surface area contributed by atoms with E-state index in [1.165, 1.54) is 0 Å². The number of hydrogen-bond donors (Lipinski definition) is 1. The van der Waals surface area contributed by atoms with Gasteiger partial charge in [-0.2, -0.15) is 13.2 Å². The average Bonchev–Trinajstić information content (AvgIpc) is 2.45. The highest BCUT2D eigenvalue weighted by atomic mass is 35.5. The Bertz CT molecular complexity index is 364. The molecule has 15 heavy (non-hydrogen) atoms. The molecule has 0 saturated carbocycles. The van der Waals surface area contributed by atoms with Gasteiger partial charge in [0.15, 0.2) is 0 Å². The number of nitrogen functional groups attached to an aromatic ring is 1. The van der Waals surface area contributed by atoms with E-state index in [1.807, 2.05) is 0 Å². The van der Waals surface area contributed by atoms with Crippen LogP contribution in [0.2, 0.25) is 0 Å². The SMILES string of the molecule is COC(=O)c1sc(C(F)(F)F)cc1N.Cl. The smallest absolute Gasteiger partial charge is 0.425 e. The van der Waals surface area contributed by atoms with Crippen LogP contribution in [0.25, 0.3) is 0 Å². The summed E-state index contributed by atoms with van der Waals surface area (Å²) in [5.74, 6) is -0.858. The van der Waals surface area contributed by atoms with E-state index in [4.69, 9.17) is 5.73 Å². The fourth-order valence-corrected chi connectivity index (χ4v) is 1.66. The molecule has 1 aromatic rings. The molecule has 0 aliphatic rings. The Balaban J connectivity index is 0.00000196. The van der Waals surface area contributed by atoms with Gasteiger partial charge in [-0.05, 0) is 6.07 Å². The Morgan fingerprint density at radius 3 is 2.40 bits per heavy atom. The lowest BCUT2D eigenvalue weighted by Crippen LogP contribution is -2.01. The van der Waals surface area contributed by atoms with Crippen LogP contribution in [0.4, 0.5) is 18.9 Å². The molecule has 8 heteroatoms. The van der Waals surface area contributed by atoms with Crippen molar-refractivity contribution < 1.29 is 22.7 Å². The Hall–Kier alpha value is -0.950.